The Bertz CT molecular complexity index is 665. The van der Waals surface area contributed by atoms with Gasteiger partial charge >= 0.3 is 5.97 Å². The van der Waals surface area contributed by atoms with Crippen LogP contribution in [-0.4, -0.2) is 15.6 Å². The Kier molecular flexibility index (Phi) is 2.78. The van der Waals surface area contributed by atoms with Gasteiger partial charge in [-0.15, -0.1) is 0 Å². The fourth-order valence-electron chi connectivity index (χ4n) is 1.81. The topological polar surface area (TPSA) is 92.0 Å². The van der Waals surface area contributed by atoms with E-state index in [1.165, 1.54) is 6.07 Å². The van der Waals surface area contributed by atoms with Gasteiger partial charge in [0.2, 0.25) is 0 Å². The minimum Gasteiger partial charge on any atom is -0.478 e. The van der Waals surface area contributed by atoms with Crippen molar-refractivity contribution in [1.29, 1.82) is 5.26 Å². The maximum absolute atomic E-state index is 11.0. The maximum atomic E-state index is 11.0. The number of carbonyl (C=O) groups is 1. The van der Waals surface area contributed by atoms with Gasteiger partial charge in [0.05, 0.1) is 5.56 Å². The summed E-state index contributed by atoms with van der Waals surface area (Å²) in [4.78, 5) is 11.0. The predicted octanol–water partition coefficient (Wildman–Crippen LogP) is 1.84. The van der Waals surface area contributed by atoms with Crippen LogP contribution >= 0.6 is 0 Å². The molecule has 1 aromatic heterocycles. The van der Waals surface area contributed by atoms with Crippen LogP contribution in [0.1, 0.15) is 16.1 Å². The van der Waals surface area contributed by atoms with Crippen molar-refractivity contribution < 1.29 is 9.90 Å². The lowest BCUT2D eigenvalue weighted by atomic mass is 10.1. The van der Waals surface area contributed by atoms with Crippen LogP contribution in [0.3, 0.4) is 0 Å². The number of nitrogen functional groups attached to an aromatic ring is 1. The smallest absolute Gasteiger partial charge is 0.337 e. The summed E-state index contributed by atoms with van der Waals surface area (Å²) in [6, 6.07) is 10.3. The monoisotopic (exact) mass is 241 g/mol. The van der Waals surface area contributed by atoms with Crippen molar-refractivity contribution in [3.8, 4) is 17.3 Å². The van der Waals surface area contributed by atoms with Crippen LogP contribution < -0.4 is 5.73 Å². The summed E-state index contributed by atoms with van der Waals surface area (Å²) >= 11 is 0. The number of aromatic nitrogens is 1. The lowest BCUT2D eigenvalue weighted by Gasteiger charge is -2.07. The quantitative estimate of drug-likeness (QED) is 0.785. The van der Waals surface area contributed by atoms with Crippen molar-refractivity contribution in [3.63, 3.8) is 0 Å². The van der Waals surface area contributed by atoms with E-state index in [0.29, 0.717) is 11.3 Å². The van der Waals surface area contributed by atoms with Gasteiger partial charge < -0.3 is 15.4 Å². The first-order valence-electron chi connectivity index (χ1n) is 5.23. The van der Waals surface area contributed by atoms with E-state index in [0.717, 1.165) is 5.69 Å². The minimum absolute atomic E-state index is 0.0622. The van der Waals surface area contributed by atoms with Gasteiger partial charge in [-0.1, -0.05) is 6.07 Å². The molecular weight excluding hydrogens is 230 g/mol. The highest BCUT2D eigenvalue weighted by Crippen LogP contribution is 2.25. The van der Waals surface area contributed by atoms with Crippen molar-refractivity contribution in [2.45, 2.75) is 0 Å². The number of hydrogen-bond acceptors (Lipinski definition) is 3. The summed E-state index contributed by atoms with van der Waals surface area (Å²) in [6.07, 6.45) is 0. The zero-order valence-corrected chi connectivity index (χ0v) is 9.71. The number of carboxylic acid groups (broad SMARTS) is 1. The lowest BCUT2D eigenvalue weighted by molar-refractivity contribution is 0.0698. The fourth-order valence-corrected chi connectivity index (χ4v) is 1.81. The molecule has 5 nitrogen and oxygen atoms in total. The van der Waals surface area contributed by atoms with E-state index < -0.39 is 5.97 Å². The molecule has 5 heteroatoms. The van der Waals surface area contributed by atoms with Crippen molar-refractivity contribution in [1.82, 2.24) is 4.57 Å². The van der Waals surface area contributed by atoms with E-state index in [2.05, 4.69) is 6.07 Å². The van der Waals surface area contributed by atoms with Crippen LogP contribution in [0.5, 0.6) is 0 Å². The first kappa shape index (κ1) is 11.7. The molecule has 0 bridgehead atoms. The molecule has 0 saturated carbocycles. The molecule has 18 heavy (non-hydrogen) atoms. The standard InChI is InChI=1S/C13H11N3O2/c1-16-9(7-14)3-5-12(16)8-2-4-11(15)10(6-8)13(17)18/h2-6H,15H2,1H3,(H,17,18). The summed E-state index contributed by atoms with van der Waals surface area (Å²) in [5, 5.41) is 17.9. The van der Waals surface area contributed by atoms with Crippen molar-refractivity contribution in [3.05, 3.63) is 41.6 Å². The van der Waals surface area contributed by atoms with Crippen LogP contribution in [0.2, 0.25) is 0 Å². The molecule has 0 fully saturated rings. The first-order valence-corrected chi connectivity index (χ1v) is 5.23. The van der Waals surface area contributed by atoms with E-state index in [4.69, 9.17) is 16.1 Å². The second-order valence-electron chi connectivity index (χ2n) is 3.88. The van der Waals surface area contributed by atoms with E-state index in [1.54, 1.807) is 35.9 Å². The molecule has 2 rings (SSSR count). The Balaban J connectivity index is 2.58. The molecule has 0 aliphatic rings. The highest BCUT2D eigenvalue weighted by Gasteiger charge is 2.12. The largest absolute Gasteiger partial charge is 0.478 e. The van der Waals surface area contributed by atoms with Gasteiger partial charge in [0.1, 0.15) is 11.8 Å². The van der Waals surface area contributed by atoms with Crippen molar-refractivity contribution >= 4 is 11.7 Å². The summed E-state index contributed by atoms with van der Waals surface area (Å²) in [5.74, 6) is -1.07. The average molecular weight is 241 g/mol. The van der Waals surface area contributed by atoms with Gasteiger partial charge in [-0.25, -0.2) is 4.79 Å². The van der Waals surface area contributed by atoms with Crippen LogP contribution in [0.25, 0.3) is 11.3 Å². The Morgan fingerprint density at radius 3 is 2.67 bits per heavy atom. The first-order chi connectivity index (χ1) is 8.54. The number of rotatable bonds is 2. The van der Waals surface area contributed by atoms with Gasteiger partial charge in [-0.05, 0) is 29.8 Å². The molecule has 0 aliphatic carbocycles. The molecule has 0 aliphatic heterocycles. The van der Waals surface area contributed by atoms with E-state index in [9.17, 15) is 4.79 Å². The summed E-state index contributed by atoms with van der Waals surface area (Å²) < 4.78 is 1.71. The third kappa shape index (κ3) is 1.80. The summed E-state index contributed by atoms with van der Waals surface area (Å²) in [5.41, 5.74) is 7.88. The molecule has 3 N–H and O–H groups in total. The molecule has 1 heterocycles. The molecular formula is C13H11N3O2. The van der Waals surface area contributed by atoms with E-state index in [1.807, 2.05) is 0 Å². The molecule has 0 unspecified atom stereocenters. The summed E-state index contributed by atoms with van der Waals surface area (Å²) in [6.45, 7) is 0. The fraction of sp³-hybridized carbons (Fsp3) is 0.0769. The van der Waals surface area contributed by atoms with Crippen molar-refractivity contribution in [2.75, 3.05) is 5.73 Å². The Morgan fingerprint density at radius 1 is 1.39 bits per heavy atom. The Morgan fingerprint density at radius 2 is 2.11 bits per heavy atom. The van der Waals surface area contributed by atoms with Gasteiger partial charge in [-0.3, -0.25) is 0 Å². The second kappa shape index (κ2) is 4.26. The SMILES string of the molecule is Cn1c(C#N)ccc1-c1ccc(N)c(C(=O)O)c1. The maximum Gasteiger partial charge on any atom is 0.337 e. The number of hydrogen-bond donors (Lipinski definition) is 2. The number of anilines is 1. The summed E-state index contributed by atoms with van der Waals surface area (Å²) in [7, 11) is 1.75. The zero-order chi connectivity index (χ0) is 13.3. The second-order valence-corrected chi connectivity index (χ2v) is 3.88. The van der Waals surface area contributed by atoms with Gasteiger partial charge in [-0.2, -0.15) is 5.26 Å². The number of aromatic carboxylic acids is 1. The number of nitriles is 1. The minimum atomic E-state index is -1.07. The van der Waals surface area contributed by atoms with Gasteiger partial charge in [0.15, 0.2) is 0 Å². The van der Waals surface area contributed by atoms with Crippen LogP contribution in [-0.2, 0) is 7.05 Å². The molecule has 0 amide bonds. The number of carboxylic acids is 1. The van der Waals surface area contributed by atoms with E-state index >= 15 is 0 Å². The number of benzene rings is 1. The number of nitrogens with two attached hydrogens (primary N) is 1. The third-order valence-corrected chi connectivity index (χ3v) is 2.82. The molecule has 2 aromatic rings. The lowest BCUT2D eigenvalue weighted by Crippen LogP contribution is -2.03. The molecule has 0 atom stereocenters. The molecule has 0 spiro atoms. The van der Waals surface area contributed by atoms with Gasteiger partial charge in [0.25, 0.3) is 0 Å². The van der Waals surface area contributed by atoms with Crippen LogP contribution in [0.15, 0.2) is 30.3 Å². The van der Waals surface area contributed by atoms with Crippen molar-refractivity contribution in [2.24, 2.45) is 7.05 Å². The highest BCUT2D eigenvalue weighted by atomic mass is 16.4. The zero-order valence-electron chi connectivity index (χ0n) is 9.71. The van der Waals surface area contributed by atoms with Crippen LogP contribution in [0, 0.1) is 11.3 Å². The molecule has 1 aromatic carbocycles. The Labute approximate surface area is 104 Å². The normalized spacial score (nSPS) is 10.0. The predicted molar refractivity (Wildman–Crippen MR) is 66.9 cm³/mol. The highest BCUT2D eigenvalue weighted by molar-refractivity contribution is 5.95. The molecule has 0 radical (unpaired) electrons. The van der Waals surface area contributed by atoms with E-state index in [-0.39, 0.29) is 11.3 Å². The van der Waals surface area contributed by atoms with Gasteiger partial charge in [0, 0.05) is 18.4 Å². The van der Waals surface area contributed by atoms with Crippen LogP contribution in [0.4, 0.5) is 5.69 Å². The number of nitrogens with zero attached hydrogens (tertiary/aromatic N) is 2. The Hall–Kier alpha value is -2.74. The molecule has 0 saturated heterocycles. The molecule has 90 valence electrons. The average Bonchev–Trinajstić information content (AvgIpc) is 2.71. The third-order valence-electron chi connectivity index (χ3n) is 2.82.